The van der Waals surface area contributed by atoms with Crippen LogP contribution in [0.25, 0.3) is 0 Å². The van der Waals surface area contributed by atoms with Crippen molar-refractivity contribution in [3.8, 4) is 5.75 Å². The lowest BCUT2D eigenvalue weighted by Crippen LogP contribution is -2.31. The van der Waals surface area contributed by atoms with E-state index >= 15 is 0 Å². The van der Waals surface area contributed by atoms with Crippen LogP contribution in [0.1, 0.15) is 34.8 Å². The number of aromatic nitrogens is 1. The van der Waals surface area contributed by atoms with E-state index in [1.165, 1.54) is 11.3 Å². The zero-order valence-electron chi connectivity index (χ0n) is 16.3. The van der Waals surface area contributed by atoms with Gasteiger partial charge in [0, 0.05) is 22.3 Å². The van der Waals surface area contributed by atoms with Crippen molar-refractivity contribution in [1.82, 2.24) is 10.3 Å². The molecule has 0 fully saturated rings. The Balaban J connectivity index is 1.74. The van der Waals surface area contributed by atoms with Gasteiger partial charge in [0.05, 0.1) is 18.2 Å². The molecule has 0 aliphatic carbocycles. The molecule has 9 heteroatoms. The van der Waals surface area contributed by atoms with Gasteiger partial charge in [-0.05, 0) is 48.2 Å². The smallest absolute Gasteiger partial charge is 0.224 e. The number of amides is 1. The standard InChI is InChI=1S/C21H23N3O4S2/c1-2-16-13-29-21(22-16)19(11-14-6-8-17(9-7-14)24-30(27)28)23-20(26)12-15-4-3-5-18(25)10-15/h3-10,13,19,24-25H,2,11-12H2,1H3,(H,23,26)(H,27,28)/p-1/t19-/m0/s1. The number of carbonyl (C=O) groups excluding carboxylic acids is 1. The minimum absolute atomic E-state index is 0.122. The molecule has 0 aliphatic heterocycles. The van der Waals surface area contributed by atoms with Gasteiger partial charge >= 0.3 is 0 Å². The number of anilines is 1. The van der Waals surface area contributed by atoms with Crippen LogP contribution in [-0.4, -0.2) is 24.8 Å². The minimum Gasteiger partial charge on any atom is -0.755 e. The molecule has 0 radical (unpaired) electrons. The topological polar surface area (TPSA) is 114 Å². The molecule has 30 heavy (non-hydrogen) atoms. The van der Waals surface area contributed by atoms with E-state index in [1.54, 1.807) is 36.4 Å². The van der Waals surface area contributed by atoms with Crippen LogP contribution in [0.15, 0.2) is 53.9 Å². The van der Waals surface area contributed by atoms with Crippen LogP contribution in [0.3, 0.4) is 0 Å². The van der Waals surface area contributed by atoms with E-state index in [0.717, 1.165) is 28.2 Å². The summed E-state index contributed by atoms with van der Waals surface area (Å²) in [6.45, 7) is 2.03. The second kappa shape index (κ2) is 10.3. The quantitative estimate of drug-likeness (QED) is 0.438. The molecule has 0 spiro atoms. The summed E-state index contributed by atoms with van der Waals surface area (Å²) >= 11 is -0.870. The molecule has 1 aromatic heterocycles. The fourth-order valence-electron chi connectivity index (χ4n) is 2.98. The van der Waals surface area contributed by atoms with Gasteiger partial charge in [0.15, 0.2) is 0 Å². The molecule has 1 unspecified atom stereocenters. The number of carbonyl (C=O) groups is 1. The van der Waals surface area contributed by atoms with E-state index in [1.807, 2.05) is 24.4 Å². The number of thiazole rings is 1. The highest BCUT2D eigenvalue weighted by atomic mass is 32.2. The van der Waals surface area contributed by atoms with Crippen molar-refractivity contribution in [1.29, 1.82) is 0 Å². The Bertz CT molecular complexity index is 1020. The summed E-state index contributed by atoms with van der Waals surface area (Å²) in [5.41, 5.74) is 3.10. The fraction of sp³-hybridized carbons (Fsp3) is 0.238. The average molecular weight is 445 g/mol. The van der Waals surface area contributed by atoms with Crippen LogP contribution in [0, 0.1) is 0 Å². The predicted molar refractivity (Wildman–Crippen MR) is 117 cm³/mol. The van der Waals surface area contributed by atoms with E-state index in [9.17, 15) is 18.7 Å². The molecule has 0 saturated carbocycles. The van der Waals surface area contributed by atoms with Gasteiger partial charge in [-0.1, -0.05) is 31.2 Å². The van der Waals surface area contributed by atoms with Gasteiger partial charge in [-0.2, -0.15) is 0 Å². The molecular formula is C21H22N3O4S2-. The van der Waals surface area contributed by atoms with Crippen LogP contribution >= 0.6 is 11.3 Å². The number of rotatable bonds is 9. The van der Waals surface area contributed by atoms with Crippen molar-refractivity contribution in [2.24, 2.45) is 0 Å². The number of phenols is 1. The largest absolute Gasteiger partial charge is 0.755 e. The van der Waals surface area contributed by atoms with Crippen molar-refractivity contribution in [3.63, 3.8) is 0 Å². The van der Waals surface area contributed by atoms with Gasteiger partial charge in [0.2, 0.25) is 5.91 Å². The number of hydrogen-bond donors (Lipinski definition) is 3. The van der Waals surface area contributed by atoms with Crippen LogP contribution < -0.4 is 10.0 Å². The highest BCUT2D eigenvalue weighted by Gasteiger charge is 2.19. The molecule has 158 valence electrons. The highest BCUT2D eigenvalue weighted by Crippen LogP contribution is 2.24. The number of nitrogens with one attached hydrogen (secondary N) is 2. The Morgan fingerprint density at radius 1 is 1.23 bits per heavy atom. The normalized spacial score (nSPS) is 12.9. The zero-order valence-corrected chi connectivity index (χ0v) is 18.0. The van der Waals surface area contributed by atoms with Crippen molar-refractivity contribution in [2.45, 2.75) is 32.2 Å². The zero-order chi connectivity index (χ0) is 21.5. The monoisotopic (exact) mass is 444 g/mol. The Morgan fingerprint density at radius 3 is 2.63 bits per heavy atom. The molecule has 1 heterocycles. The van der Waals surface area contributed by atoms with Crippen molar-refractivity contribution >= 4 is 34.2 Å². The molecule has 2 aromatic carbocycles. The molecule has 2 atom stereocenters. The van der Waals surface area contributed by atoms with E-state index in [2.05, 4.69) is 15.0 Å². The molecule has 0 aliphatic rings. The summed E-state index contributed by atoms with van der Waals surface area (Å²) in [6.07, 6.45) is 1.48. The second-order valence-corrected chi connectivity index (χ2v) is 8.30. The van der Waals surface area contributed by atoms with E-state index in [-0.39, 0.29) is 24.1 Å². The predicted octanol–water partition coefficient (Wildman–Crippen LogP) is 3.26. The van der Waals surface area contributed by atoms with Crippen molar-refractivity contribution in [2.75, 3.05) is 4.72 Å². The number of phenolic OH excluding ortho intramolecular Hbond substituents is 1. The van der Waals surface area contributed by atoms with Crippen LogP contribution in [-0.2, 0) is 35.3 Å². The molecule has 3 N–H and O–H groups in total. The first-order valence-corrected chi connectivity index (χ1v) is 11.3. The molecule has 1 amide bonds. The lowest BCUT2D eigenvalue weighted by atomic mass is 10.0. The molecule has 7 nitrogen and oxygen atoms in total. The third kappa shape index (κ3) is 6.38. The number of hydrogen-bond acceptors (Lipinski definition) is 6. The molecular weight excluding hydrogens is 422 g/mol. The molecule has 0 bridgehead atoms. The SMILES string of the molecule is CCc1csc([C@H](Cc2ccc(NS(=O)[O-])cc2)NC(=O)Cc2cccc(O)c2)n1. The third-order valence-electron chi connectivity index (χ3n) is 4.44. The summed E-state index contributed by atoms with van der Waals surface area (Å²) in [4.78, 5) is 17.3. The average Bonchev–Trinajstić information content (AvgIpc) is 3.18. The first kappa shape index (κ1) is 21.9. The Kier molecular flexibility index (Phi) is 7.56. The Labute approximate surface area is 181 Å². The van der Waals surface area contributed by atoms with E-state index < -0.39 is 11.3 Å². The van der Waals surface area contributed by atoms with Gasteiger partial charge in [-0.3, -0.25) is 9.00 Å². The van der Waals surface area contributed by atoms with Gasteiger partial charge in [0.25, 0.3) is 0 Å². The summed E-state index contributed by atoms with van der Waals surface area (Å²) in [5.74, 6) is -0.0454. The summed E-state index contributed by atoms with van der Waals surface area (Å²) in [7, 11) is 0. The minimum atomic E-state index is -2.37. The van der Waals surface area contributed by atoms with Crippen LogP contribution in [0.5, 0.6) is 5.75 Å². The lowest BCUT2D eigenvalue weighted by Gasteiger charge is -2.17. The van der Waals surface area contributed by atoms with Gasteiger partial charge in [-0.25, -0.2) is 4.98 Å². The molecule has 0 saturated heterocycles. The van der Waals surface area contributed by atoms with Crippen molar-refractivity contribution < 1.29 is 18.7 Å². The van der Waals surface area contributed by atoms with Crippen LogP contribution in [0.4, 0.5) is 5.69 Å². The number of benzene rings is 2. The Hall–Kier alpha value is -2.75. The first-order valence-electron chi connectivity index (χ1n) is 9.39. The summed E-state index contributed by atoms with van der Waals surface area (Å²) < 4.78 is 23.8. The second-order valence-electron chi connectivity index (χ2n) is 6.74. The Morgan fingerprint density at radius 2 is 2.00 bits per heavy atom. The lowest BCUT2D eigenvalue weighted by molar-refractivity contribution is -0.121. The van der Waals surface area contributed by atoms with Gasteiger partial charge < -0.3 is 19.7 Å². The van der Waals surface area contributed by atoms with Crippen LogP contribution in [0.2, 0.25) is 0 Å². The summed E-state index contributed by atoms with van der Waals surface area (Å²) in [5, 5.41) is 15.5. The maximum Gasteiger partial charge on any atom is 0.224 e. The van der Waals surface area contributed by atoms with Gasteiger partial charge in [-0.15, -0.1) is 11.3 Å². The maximum atomic E-state index is 12.7. The third-order valence-corrected chi connectivity index (χ3v) is 5.84. The van der Waals surface area contributed by atoms with E-state index in [4.69, 9.17) is 0 Å². The fourth-order valence-corrected chi connectivity index (χ4v) is 4.26. The molecule has 3 rings (SSSR count). The maximum absolute atomic E-state index is 12.7. The highest BCUT2D eigenvalue weighted by molar-refractivity contribution is 7.80. The summed E-state index contributed by atoms with van der Waals surface area (Å²) in [6, 6.07) is 13.3. The number of aryl methyl sites for hydroxylation is 1. The number of aromatic hydroxyl groups is 1. The number of nitrogens with zero attached hydrogens (tertiary/aromatic N) is 1. The van der Waals surface area contributed by atoms with E-state index in [0.29, 0.717) is 12.1 Å². The first-order chi connectivity index (χ1) is 14.4. The van der Waals surface area contributed by atoms with Gasteiger partial charge in [0.1, 0.15) is 10.8 Å². The molecule has 3 aromatic rings. The van der Waals surface area contributed by atoms with Crippen molar-refractivity contribution in [3.05, 3.63) is 75.7 Å².